The van der Waals surface area contributed by atoms with Crippen molar-refractivity contribution in [2.24, 2.45) is 5.92 Å². The lowest BCUT2D eigenvalue weighted by atomic mass is 9.91. The molecule has 0 radical (unpaired) electrons. The summed E-state index contributed by atoms with van der Waals surface area (Å²) in [5.41, 5.74) is 1.72. The van der Waals surface area contributed by atoms with Crippen molar-refractivity contribution in [3.8, 4) is 0 Å². The average Bonchev–Trinajstić information content (AvgIpc) is 3.14. The molecule has 0 spiro atoms. The maximum atomic E-state index is 12.6. The molecule has 0 aliphatic heterocycles. The summed E-state index contributed by atoms with van der Waals surface area (Å²) in [6.45, 7) is 3.93. The van der Waals surface area contributed by atoms with Gasteiger partial charge in [0.25, 0.3) is 0 Å². The molecule has 3 atom stereocenters. The molecule has 1 unspecified atom stereocenters. The second-order valence-electron chi connectivity index (χ2n) is 6.40. The normalized spacial score (nSPS) is 15.6. The highest BCUT2D eigenvalue weighted by Crippen LogP contribution is 2.27. The predicted molar refractivity (Wildman–Crippen MR) is 104 cm³/mol. The van der Waals surface area contributed by atoms with Crippen molar-refractivity contribution in [2.45, 2.75) is 36.6 Å². The lowest BCUT2D eigenvalue weighted by Gasteiger charge is -2.29. The SMILES string of the molecule is CC[C@H](C)[C@H](NS(=O)(=O)c1cccs1)C(O)c1ccc(N(C)C)cc1. The highest BCUT2D eigenvalue weighted by molar-refractivity contribution is 7.91. The highest BCUT2D eigenvalue weighted by Gasteiger charge is 2.31. The van der Waals surface area contributed by atoms with E-state index in [2.05, 4.69) is 4.72 Å². The number of benzene rings is 1. The van der Waals surface area contributed by atoms with Crippen LogP contribution in [-0.4, -0.2) is 33.7 Å². The molecule has 25 heavy (non-hydrogen) atoms. The predicted octanol–water partition coefficient (Wildman–Crippen LogP) is 3.24. The third-order valence-electron chi connectivity index (χ3n) is 4.40. The van der Waals surface area contributed by atoms with Crippen molar-refractivity contribution in [3.63, 3.8) is 0 Å². The van der Waals surface area contributed by atoms with Gasteiger partial charge in [0.15, 0.2) is 0 Å². The Balaban J connectivity index is 2.27. The molecular formula is C18H26N2O3S2. The molecule has 1 heterocycles. The molecular weight excluding hydrogens is 356 g/mol. The van der Waals surface area contributed by atoms with Crippen LogP contribution in [0.3, 0.4) is 0 Å². The molecule has 1 aromatic carbocycles. The summed E-state index contributed by atoms with van der Waals surface area (Å²) in [7, 11) is 0.248. The van der Waals surface area contributed by atoms with Gasteiger partial charge in [-0.2, -0.15) is 0 Å². The molecule has 0 amide bonds. The number of nitrogens with zero attached hydrogens (tertiary/aromatic N) is 1. The Bertz CT molecular complexity index is 756. The molecule has 2 aromatic rings. The van der Waals surface area contributed by atoms with Gasteiger partial charge in [0.05, 0.1) is 12.1 Å². The fourth-order valence-corrected chi connectivity index (χ4v) is 4.94. The second kappa shape index (κ2) is 8.31. The van der Waals surface area contributed by atoms with Crippen LogP contribution >= 0.6 is 11.3 Å². The van der Waals surface area contributed by atoms with Gasteiger partial charge in [0, 0.05) is 19.8 Å². The zero-order chi connectivity index (χ0) is 18.6. The van der Waals surface area contributed by atoms with E-state index in [1.807, 2.05) is 57.1 Å². The fourth-order valence-electron chi connectivity index (χ4n) is 2.58. The van der Waals surface area contributed by atoms with Gasteiger partial charge < -0.3 is 10.0 Å². The topological polar surface area (TPSA) is 69.6 Å². The van der Waals surface area contributed by atoms with E-state index in [0.29, 0.717) is 5.56 Å². The maximum absolute atomic E-state index is 12.6. The number of aliphatic hydroxyl groups excluding tert-OH is 1. The minimum atomic E-state index is -3.65. The Kier molecular flexibility index (Phi) is 6.62. The van der Waals surface area contributed by atoms with Gasteiger partial charge in [-0.15, -0.1) is 11.3 Å². The van der Waals surface area contributed by atoms with Crippen LogP contribution in [0.4, 0.5) is 5.69 Å². The first kappa shape index (κ1) is 19.9. The molecule has 0 fully saturated rings. The fraction of sp³-hybridized carbons (Fsp3) is 0.444. The molecule has 0 saturated heterocycles. The van der Waals surface area contributed by atoms with Crippen LogP contribution in [0.1, 0.15) is 31.9 Å². The van der Waals surface area contributed by atoms with Crippen LogP contribution in [0.25, 0.3) is 0 Å². The lowest BCUT2D eigenvalue weighted by Crippen LogP contribution is -2.43. The Morgan fingerprint density at radius 1 is 1.20 bits per heavy atom. The first-order chi connectivity index (χ1) is 11.8. The van der Waals surface area contributed by atoms with Gasteiger partial charge in [-0.05, 0) is 35.1 Å². The van der Waals surface area contributed by atoms with Gasteiger partial charge in [-0.1, -0.05) is 38.5 Å². The van der Waals surface area contributed by atoms with Gasteiger partial charge in [-0.25, -0.2) is 13.1 Å². The summed E-state index contributed by atoms with van der Waals surface area (Å²) < 4.78 is 28.1. The van der Waals surface area contributed by atoms with E-state index in [4.69, 9.17) is 0 Å². The molecule has 0 aliphatic rings. The third kappa shape index (κ3) is 4.82. The summed E-state index contributed by atoms with van der Waals surface area (Å²) in [4.78, 5) is 1.97. The quantitative estimate of drug-likeness (QED) is 0.735. The van der Waals surface area contributed by atoms with Crippen LogP contribution < -0.4 is 9.62 Å². The average molecular weight is 383 g/mol. The first-order valence-corrected chi connectivity index (χ1v) is 10.6. The third-order valence-corrected chi connectivity index (χ3v) is 7.26. The summed E-state index contributed by atoms with van der Waals surface area (Å²) in [5, 5.41) is 12.6. The molecule has 1 aromatic heterocycles. The minimum absolute atomic E-state index is 0.0155. The Morgan fingerprint density at radius 3 is 2.32 bits per heavy atom. The van der Waals surface area contributed by atoms with E-state index in [-0.39, 0.29) is 10.1 Å². The van der Waals surface area contributed by atoms with E-state index in [1.165, 1.54) is 11.3 Å². The number of thiophene rings is 1. The zero-order valence-corrected chi connectivity index (χ0v) is 16.6. The summed E-state index contributed by atoms with van der Waals surface area (Å²) in [6, 6.07) is 10.2. The van der Waals surface area contributed by atoms with Crippen LogP contribution in [0.5, 0.6) is 0 Å². The number of hydrogen-bond acceptors (Lipinski definition) is 5. The Hall–Kier alpha value is -1.41. The number of hydrogen-bond donors (Lipinski definition) is 2. The number of anilines is 1. The standard InChI is InChI=1S/C18H26N2O3S2/c1-5-13(2)17(19-25(22,23)16-7-6-12-24-16)18(21)14-8-10-15(11-9-14)20(3)4/h6-13,17-19,21H,5H2,1-4H3/t13-,17-,18?/m0/s1. The number of nitrogens with one attached hydrogen (secondary N) is 1. The summed E-state index contributed by atoms with van der Waals surface area (Å²) >= 11 is 1.17. The van der Waals surface area contributed by atoms with Crippen molar-refractivity contribution in [1.29, 1.82) is 0 Å². The van der Waals surface area contributed by atoms with Crippen LogP contribution in [0.15, 0.2) is 46.0 Å². The smallest absolute Gasteiger partial charge is 0.250 e. The van der Waals surface area contributed by atoms with Crippen molar-refractivity contribution in [1.82, 2.24) is 4.72 Å². The Labute approximate surface area is 154 Å². The van der Waals surface area contributed by atoms with Gasteiger partial charge in [-0.3, -0.25) is 0 Å². The largest absolute Gasteiger partial charge is 0.387 e. The van der Waals surface area contributed by atoms with Crippen molar-refractivity contribution < 1.29 is 13.5 Å². The van der Waals surface area contributed by atoms with E-state index < -0.39 is 22.2 Å². The molecule has 2 rings (SSSR count). The molecule has 138 valence electrons. The summed E-state index contributed by atoms with van der Waals surface area (Å²) in [5.74, 6) is -0.0155. The lowest BCUT2D eigenvalue weighted by molar-refractivity contribution is 0.112. The van der Waals surface area contributed by atoms with Crippen LogP contribution in [0, 0.1) is 5.92 Å². The van der Waals surface area contributed by atoms with E-state index >= 15 is 0 Å². The first-order valence-electron chi connectivity index (χ1n) is 8.27. The number of aliphatic hydroxyl groups is 1. The van der Waals surface area contributed by atoms with E-state index in [0.717, 1.165) is 12.1 Å². The van der Waals surface area contributed by atoms with Gasteiger partial charge >= 0.3 is 0 Å². The van der Waals surface area contributed by atoms with Gasteiger partial charge in [0.1, 0.15) is 4.21 Å². The zero-order valence-electron chi connectivity index (χ0n) is 15.0. The van der Waals surface area contributed by atoms with Gasteiger partial charge in [0.2, 0.25) is 10.0 Å². The molecule has 2 N–H and O–H groups in total. The minimum Gasteiger partial charge on any atom is -0.387 e. The van der Waals surface area contributed by atoms with Crippen molar-refractivity contribution in [3.05, 3.63) is 47.3 Å². The van der Waals surface area contributed by atoms with E-state index in [9.17, 15) is 13.5 Å². The van der Waals surface area contributed by atoms with Crippen molar-refractivity contribution >= 4 is 27.0 Å². The highest BCUT2D eigenvalue weighted by atomic mass is 32.2. The summed E-state index contributed by atoms with van der Waals surface area (Å²) in [6.07, 6.45) is -0.161. The molecule has 0 bridgehead atoms. The van der Waals surface area contributed by atoms with E-state index in [1.54, 1.807) is 17.5 Å². The number of rotatable bonds is 8. The van der Waals surface area contributed by atoms with Crippen LogP contribution in [-0.2, 0) is 10.0 Å². The maximum Gasteiger partial charge on any atom is 0.250 e. The second-order valence-corrected chi connectivity index (χ2v) is 9.28. The molecule has 7 heteroatoms. The number of sulfonamides is 1. The van der Waals surface area contributed by atoms with Crippen molar-refractivity contribution in [2.75, 3.05) is 19.0 Å². The van der Waals surface area contributed by atoms with Crippen LogP contribution in [0.2, 0.25) is 0 Å². The molecule has 5 nitrogen and oxygen atoms in total. The molecule has 0 saturated carbocycles. The Morgan fingerprint density at radius 2 is 1.84 bits per heavy atom. The monoisotopic (exact) mass is 382 g/mol. The molecule has 0 aliphatic carbocycles.